The molecule has 4 nitrogen and oxygen atoms in total. The molecule has 2 aromatic rings. The molecule has 2 unspecified atom stereocenters. The molecule has 2 aliphatic rings. The van der Waals surface area contributed by atoms with Crippen LogP contribution in [0.5, 0.6) is 5.75 Å². The topological polar surface area (TPSA) is 43.8 Å². The number of benzene rings is 2. The van der Waals surface area contributed by atoms with Gasteiger partial charge < -0.3 is 10.0 Å². The minimum Gasteiger partial charge on any atom is -0.508 e. The predicted octanol–water partition coefficient (Wildman–Crippen LogP) is 3.92. The average molecular weight is 384 g/mol. The maximum atomic E-state index is 13.5. The Balaban J connectivity index is 0.000000271. The zero-order valence-electron chi connectivity index (χ0n) is 16.4. The first kappa shape index (κ1) is 20.3. The number of halogens is 1. The molecule has 0 aliphatic carbocycles. The number of phenolic OH excluding ortho intramolecular Hbond substituents is 1. The van der Waals surface area contributed by atoms with Gasteiger partial charge in [-0.2, -0.15) is 0 Å². The fraction of sp³-hybridized carbons (Fsp3) is 0.435. The van der Waals surface area contributed by atoms with Crippen molar-refractivity contribution in [1.82, 2.24) is 9.80 Å². The number of carbonyl (C=O) groups excluding carboxylic acids is 1. The highest BCUT2D eigenvalue weighted by Gasteiger charge is 2.37. The Bertz CT molecular complexity index is 768. The normalized spacial score (nSPS) is 22.6. The van der Waals surface area contributed by atoms with Gasteiger partial charge in [0.2, 0.25) is 5.91 Å². The van der Waals surface area contributed by atoms with Crippen molar-refractivity contribution in [3.8, 4) is 5.75 Å². The quantitative estimate of drug-likeness (QED) is 0.872. The lowest BCUT2D eigenvalue weighted by Crippen LogP contribution is -2.47. The molecule has 2 aromatic carbocycles. The second kappa shape index (κ2) is 9.69. The molecule has 2 aliphatic heterocycles. The van der Waals surface area contributed by atoms with Gasteiger partial charge in [0.15, 0.2) is 0 Å². The smallest absolute Gasteiger partial charge is 0.240 e. The van der Waals surface area contributed by atoms with Crippen molar-refractivity contribution in [3.05, 3.63) is 65.7 Å². The molecule has 1 N–H and O–H groups in total. The predicted molar refractivity (Wildman–Crippen MR) is 109 cm³/mol. The van der Waals surface area contributed by atoms with E-state index in [0.717, 1.165) is 25.9 Å². The number of aryl methyl sites for hydroxylation is 1. The third-order valence-corrected chi connectivity index (χ3v) is 5.32. The number of hydrogen-bond acceptors (Lipinski definition) is 3. The number of nitrogens with zero attached hydrogens (tertiary/aromatic N) is 2. The Morgan fingerprint density at radius 3 is 2.50 bits per heavy atom. The van der Waals surface area contributed by atoms with Crippen molar-refractivity contribution < 1.29 is 14.3 Å². The molecule has 0 radical (unpaired) electrons. The van der Waals surface area contributed by atoms with Crippen molar-refractivity contribution in [1.29, 1.82) is 0 Å². The number of aromatic hydroxyl groups is 1. The third-order valence-electron chi connectivity index (χ3n) is 5.32. The van der Waals surface area contributed by atoms with E-state index in [1.807, 2.05) is 21.9 Å². The number of piperidine rings is 1. The SMILES string of the molecule is Cc1cccc(CN2CCC(N3CCCC(F)C3)C2=O)c1.Oc1ccccc1. The summed E-state index contributed by atoms with van der Waals surface area (Å²) in [7, 11) is 0. The zero-order chi connectivity index (χ0) is 19.9. The summed E-state index contributed by atoms with van der Waals surface area (Å²) in [5.74, 6) is 0.494. The van der Waals surface area contributed by atoms with Crippen LogP contribution in [-0.2, 0) is 11.3 Å². The summed E-state index contributed by atoms with van der Waals surface area (Å²) >= 11 is 0. The molecule has 0 saturated carbocycles. The van der Waals surface area contributed by atoms with Gasteiger partial charge >= 0.3 is 0 Å². The molecular weight excluding hydrogens is 355 g/mol. The summed E-state index contributed by atoms with van der Waals surface area (Å²) in [6, 6.07) is 16.9. The number of amides is 1. The van der Waals surface area contributed by atoms with Crippen LogP contribution in [0.15, 0.2) is 54.6 Å². The Hall–Kier alpha value is -2.40. The molecule has 2 atom stereocenters. The van der Waals surface area contributed by atoms with Crippen LogP contribution in [0.2, 0.25) is 0 Å². The van der Waals surface area contributed by atoms with Gasteiger partial charge in [-0.25, -0.2) is 4.39 Å². The molecule has 2 fully saturated rings. The van der Waals surface area contributed by atoms with E-state index >= 15 is 0 Å². The van der Waals surface area contributed by atoms with E-state index in [9.17, 15) is 9.18 Å². The second-order valence-corrected chi connectivity index (χ2v) is 7.62. The first-order valence-corrected chi connectivity index (χ1v) is 9.99. The van der Waals surface area contributed by atoms with Crippen molar-refractivity contribution in [2.24, 2.45) is 0 Å². The van der Waals surface area contributed by atoms with Gasteiger partial charge in [0.1, 0.15) is 11.9 Å². The van der Waals surface area contributed by atoms with Crippen LogP contribution in [-0.4, -0.2) is 52.7 Å². The van der Waals surface area contributed by atoms with Crippen LogP contribution in [0, 0.1) is 6.92 Å². The number of alkyl halides is 1. The van der Waals surface area contributed by atoms with Crippen LogP contribution >= 0.6 is 0 Å². The summed E-state index contributed by atoms with van der Waals surface area (Å²) in [6.07, 6.45) is 1.57. The highest BCUT2D eigenvalue weighted by molar-refractivity contribution is 5.84. The van der Waals surface area contributed by atoms with E-state index in [0.29, 0.717) is 25.3 Å². The first-order chi connectivity index (χ1) is 13.5. The molecule has 0 spiro atoms. The lowest BCUT2D eigenvalue weighted by Gasteiger charge is -2.32. The lowest BCUT2D eigenvalue weighted by molar-refractivity contribution is -0.133. The van der Waals surface area contributed by atoms with Gasteiger partial charge in [0.25, 0.3) is 0 Å². The van der Waals surface area contributed by atoms with E-state index < -0.39 is 6.17 Å². The van der Waals surface area contributed by atoms with Crippen molar-refractivity contribution in [3.63, 3.8) is 0 Å². The number of likely N-dealkylation sites (tertiary alicyclic amines) is 2. The summed E-state index contributed by atoms with van der Waals surface area (Å²) in [6.45, 7) is 4.80. The van der Waals surface area contributed by atoms with E-state index in [-0.39, 0.29) is 11.9 Å². The number of hydrogen-bond donors (Lipinski definition) is 1. The van der Waals surface area contributed by atoms with Crippen molar-refractivity contribution in [2.45, 2.75) is 44.9 Å². The molecule has 0 bridgehead atoms. The van der Waals surface area contributed by atoms with Crippen LogP contribution < -0.4 is 0 Å². The van der Waals surface area contributed by atoms with Crippen LogP contribution in [0.1, 0.15) is 30.4 Å². The van der Waals surface area contributed by atoms with Gasteiger partial charge in [0, 0.05) is 19.6 Å². The summed E-state index contributed by atoms with van der Waals surface area (Å²) < 4.78 is 13.5. The molecular formula is C23H29FN2O2. The van der Waals surface area contributed by atoms with Crippen molar-refractivity contribution >= 4 is 5.91 Å². The van der Waals surface area contributed by atoms with Gasteiger partial charge in [-0.1, -0.05) is 48.0 Å². The molecule has 4 rings (SSSR count). The van der Waals surface area contributed by atoms with Gasteiger partial charge in [0.05, 0.1) is 6.04 Å². The molecule has 2 saturated heterocycles. The Morgan fingerprint density at radius 2 is 1.86 bits per heavy atom. The standard InChI is InChI=1S/C17H23FN2O.C6H6O/c1-13-4-2-5-14(10-13)11-20-9-7-16(17(20)21)19-8-3-6-15(18)12-19;7-6-4-2-1-3-5-6/h2,4-5,10,15-16H,3,6-9,11-12H2,1H3;1-5,7H. The maximum Gasteiger partial charge on any atom is 0.240 e. The van der Waals surface area contributed by atoms with E-state index in [4.69, 9.17) is 5.11 Å². The minimum absolute atomic E-state index is 0.103. The Labute approximate surface area is 166 Å². The zero-order valence-corrected chi connectivity index (χ0v) is 16.4. The van der Waals surface area contributed by atoms with E-state index in [1.165, 1.54) is 11.1 Å². The molecule has 150 valence electrons. The van der Waals surface area contributed by atoms with Crippen LogP contribution in [0.3, 0.4) is 0 Å². The van der Waals surface area contributed by atoms with E-state index in [2.05, 4.69) is 25.1 Å². The Kier molecular flexibility index (Phi) is 7.04. The van der Waals surface area contributed by atoms with Crippen LogP contribution in [0.4, 0.5) is 4.39 Å². The number of carbonyl (C=O) groups is 1. The maximum absolute atomic E-state index is 13.5. The number of para-hydroxylation sites is 1. The largest absolute Gasteiger partial charge is 0.508 e. The summed E-state index contributed by atoms with van der Waals surface area (Å²) in [5.41, 5.74) is 2.39. The fourth-order valence-electron chi connectivity index (χ4n) is 3.91. The monoisotopic (exact) mass is 384 g/mol. The molecule has 1 amide bonds. The van der Waals surface area contributed by atoms with Gasteiger partial charge in [-0.15, -0.1) is 0 Å². The summed E-state index contributed by atoms with van der Waals surface area (Å²) in [5, 5.41) is 8.63. The molecule has 2 heterocycles. The van der Waals surface area contributed by atoms with E-state index in [1.54, 1.807) is 24.3 Å². The molecule has 5 heteroatoms. The summed E-state index contributed by atoms with van der Waals surface area (Å²) in [4.78, 5) is 16.5. The fourth-order valence-corrected chi connectivity index (χ4v) is 3.91. The number of phenols is 1. The highest BCUT2D eigenvalue weighted by Crippen LogP contribution is 2.24. The Morgan fingerprint density at radius 1 is 1.07 bits per heavy atom. The molecule has 28 heavy (non-hydrogen) atoms. The lowest BCUT2D eigenvalue weighted by atomic mass is 10.1. The van der Waals surface area contributed by atoms with Crippen molar-refractivity contribution in [2.75, 3.05) is 19.6 Å². The highest BCUT2D eigenvalue weighted by atomic mass is 19.1. The first-order valence-electron chi connectivity index (χ1n) is 9.99. The second-order valence-electron chi connectivity index (χ2n) is 7.62. The third kappa shape index (κ3) is 5.55. The van der Waals surface area contributed by atoms with Crippen LogP contribution in [0.25, 0.3) is 0 Å². The van der Waals surface area contributed by atoms with Gasteiger partial charge in [-0.3, -0.25) is 9.69 Å². The number of rotatable bonds is 3. The average Bonchev–Trinajstić information content (AvgIpc) is 3.03. The molecule has 0 aromatic heterocycles. The minimum atomic E-state index is -0.766. The van der Waals surface area contributed by atoms with Gasteiger partial charge in [-0.05, 0) is 50.4 Å².